The van der Waals surface area contributed by atoms with Crippen molar-refractivity contribution in [3.8, 4) is 22.8 Å². The number of anilines is 1. The van der Waals surface area contributed by atoms with Crippen molar-refractivity contribution in [1.29, 1.82) is 0 Å². The number of fused-ring (bicyclic) bond motifs is 2. The Kier molecular flexibility index (Phi) is 7.07. The van der Waals surface area contributed by atoms with Crippen molar-refractivity contribution in [2.45, 2.75) is 70.2 Å². The standard InChI is InChI=1S/C22H27N3O3.C2HF3O2/c1-13-11-14-5-4-6-15(14)21(27)20(13)16-12-19-22(24-23-16)25(9-10-28-19)17-7-2-3-8-18(17)26;3-2(4,5)1(6)7/h11-12,17-18,26-27H,2-10H2,1H3;(H,6,7)/t17-,18-;/m1./s1. The Morgan fingerprint density at radius 2 is 1.86 bits per heavy atom. The van der Waals surface area contributed by atoms with Crippen LogP contribution in [0.2, 0.25) is 0 Å². The molecular weight excluding hydrogens is 467 g/mol. The molecule has 2 atom stereocenters. The summed E-state index contributed by atoms with van der Waals surface area (Å²) >= 11 is 0. The lowest BCUT2D eigenvalue weighted by Gasteiger charge is -2.40. The topological polar surface area (TPSA) is 116 Å². The minimum Gasteiger partial charge on any atom is -0.507 e. The van der Waals surface area contributed by atoms with Crippen molar-refractivity contribution >= 4 is 11.8 Å². The first kappa shape index (κ1) is 25.0. The second kappa shape index (κ2) is 9.88. The number of aliphatic hydroxyl groups is 1. The van der Waals surface area contributed by atoms with Gasteiger partial charge in [0.05, 0.1) is 18.7 Å². The Labute approximate surface area is 200 Å². The lowest BCUT2D eigenvalue weighted by atomic mass is 9.91. The summed E-state index contributed by atoms with van der Waals surface area (Å²) in [6.45, 7) is 3.29. The molecule has 1 saturated carbocycles. The van der Waals surface area contributed by atoms with Crippen molar-refractivity contribution in [1.82, 2.24) is 10.2 Å². The van der Waals surface area contributed by atoms with E-state index in [4.69, 9.17) is 14.6 Å². The smallest absolute Gasteiger partial charge is 0.490 e. The maximum absolute atomic E-state index is 10.9. The number of aryl methyl sites for hydroxylation is 2. The number of aliphatic carboxylic acids is 1. The van der Waals surface area contributed by atoms with E-state index >= 15 is 0 Å². The van der Waals surface area contributed by atoms with Crippen LogP contribution in [0.5, 0.6) is 11.5 Å². The van der Waals surface area contributed by atoms with E-state index in [1.54, 1.807) is 0 Å². The van der Waals surface area contributed by atoms with Crippen LogP contribution in [-0.2, 0) is 17.6 Å². The molecule has 1 aromatic heterocycles. The molecule has 1 aromatic carbocycles. The van der Waals surface area contributed by atoms with Gasteiger partial charge in [0.1, 0.15) is 18.1 Å². The van der Waals surface area contributed by atoms with Gasteiger partial charge in [-0.1, -0.05) is 18.9 Å². The predicted molar refractivity (Wildman–Crippen MR) is 121 cm³/mol. The minimum atomic E-state index is -5.08. The van der Waals surface area contributed by atoms with Gasteiger partial charge in [-0.2, -0.15) is 13.2 Å². The number of benzene rings is 1. The SMILES string of the molecule is Cc1cc2c(c(O)c1-c1cc3c(nn1)N([C@@H]1CCCC[C@H]1O)CCO3)CCC2.O=C(O)C(F)(F)F. The zero-order valence-corrected chi connectivity index (χ0v) is 19.3. The van der Waals surface area contributed by atoms with E-state index in [0.29, 0.717) is 36.2 Å². The van der Waals surface area contributed by atoms with Gasteiger partial charge in [-0.3, -0.25) is 0 Å². The normalized spacial score (nSPS) is 21.3. The molecule has 190 valence electrons. The number of carboxylic acid groups (broad SMARTS) is 1. The monoisotopic (exact) mass is 495 g/mol. The zero-order valence-electron chi connectivity index (χ0n) is 19.3. The fraction of sp³-hybridized carbons (Fsp3) is 0.542. The average molecular weight is 495 g/mol. The lowest BCUT2D eigenvalue weighted by molar-refractivity contribution is -0.192. The van der Waals surface area contributed by atoms with Gasteiger partial charge in [0.25, 0.3) is 0 Å². The summed E-state index contributed by atoms with van der Waals surface area (Å²) in [6.07, 6.45) is 1.63. The highest BCUT2D eigenvalue weighted by Crippen LogP contribution is 2.42. The van der Waals surface area contributed by atoms with Gasteiger partial charge in [0.2, 0.25) is 0 Å². The number of aromatic hydroxyl groups is 1. The number of hydrogen-bond donors (Lipinski definition) is 3. The van der Waals surface area contributed by atoms with E-state index in [-0.39, 0.29) is 12.1 Å². The first-order valence-electron chi connectivity index (χ1n) is 11.7. The van der Waals surface area contributed by atoms with Crippen molar-refractivity contribution in [3.63, 3.8) is 0 Å². The molecule has 0 amide bonds. The molecule has 0 radical (unpaired) electrons. The molecule has 35 heavy (non-hydrogen) atoms. The molecule has 0 saturated heterocycles. The third kappa shape index (κ3) is 5.14. The van der Waals surface area contributed by atoms with E-state index in [1.165, 1.54) is 5.56 Å². The van der Waals surface area contributed by atoms with Crippen molar-refractivity contribution < 1.29 is 38.0 Å². The highest BCUT2D eigenvalue weighted by molar-refractivity contribution is 5.76. The van der Waals surface area contributed by atoms with E-state index in [1.807, 2.05) is 13.0 Å². The van der Waals surface area contributed by atoms with Crippen LogP contribution in [0.15, 0.2) is 12.1 Å². The number of aliphatic hydroxyl groups excluding tert-OH is 1. The molecule has 5 rings (SSSR count). The molecule has 11 heteroatoms. The van der Waals surface area contributed by atoms with Gasteiger partial charge < -0.3 is 25.0 Å². The Morgan fingerprint density at radius 1 is 1.14 bits per heavy atom. The van der Waals surface area contributed by atoms with Crippen LogP contribution in [0, 0.1) is 6.92 Å². The quantitative estimate of drug-likeness (QED) is 0.577. The fourth-order valence-corrected chi connectivity index (χ4v) is 5.12. The molecule has 2 heterocycles. The Balaban J connectivity index is 0.000000364. The number of phenols is 1. The summed E-state index contributed by atoms with van der Waals surface area (Å²) in [5, 5.41) is 37.4. The zero-order chi connectivity index (χ0) is 25.3. The van der Waals surface area contributed by atoms with E-state index in [0.717, 1.165) is 61.6 Å². The average Bonchev–Trinajstić information content (AvgIpc) is 3.27. The second-order valence-corrected chi connectivity index (χ2v) is 9.09. The number of carbonyl (C=O) groups is 1. The van der Waals surface area contributed by atoms with Crippen molar-refractivity contribution in [2.75, 3.05) is 18.1 Å². The largest absolute Gasteiger partial charge is 0.507 e. The number of phenolic OH excluding ortho intramolecular Hbond substituents is 1. The Morgan fingerprint density at radius 3 is 2.54 bits per heavy atom. The second-order valence-electron chi connectivity index (χ2n) is 9.09. The number of halogens is 3. The molecular formula is C24H28F3N3O5. The van der Waals surface area contributed by atoms with Crippen LogP contribution < -0.4 is 9.64 Å². The van der Waals surface area contributed by atoms with Crippen LogP contribution in [0.1, 0.15) is 48.8 Å². The third-order valence-corrected chi connectivity index (χ3v) is 6.76. The third-order valence-electron chi connectivity index (χ3n) is 6.76. The molecule has 1 fully saturated rings. The van der Waals surface area contributed by atoms with Gasteiger partial charge in [-0.25, -0.2) is 4.79 Å². The number of aromatic nitrogens is 2. The molecule has 0 unspecified atom stereocenters. The number of rotatable bonds is 2. The van der Waals surface area contributed by atoms with E-state index in [9.17, 15) is 23.4 Å². The highest BCUT2D eigenvalue weighted by Gasteiger charge is 2.38. The van der Waals surface area contributed by atoms with E-state index in [2.05, 4.69) is 21.2 Å². The summed E-state index contributed by atoms with van der Waals surface area (Å²) < 4.78 is 37.6. The van der Waals surface area contributed by atoms with Crippen LogP contribution in [0.4, 0.5) is 19.0 Å². The number of alkyl halides is 3. The fourth-order valence-electron chi connectivity index (χ4n) is 5.12. The maximum atomic E-state index is 10.9. The summed E-state index contributed by atoms with van der Waals surface area (Å²) in [5.41, 5.74) is 4.72. The first-order valence-corrected chi connectivity index (χ1v) is 11.7. The first-order chi connectivity index (χ1) is 16.6. The number of ether oxygens (including phenoxy) is 1. The van der Waals surface area contributed by atoms with Crippen LogP contribution >= 0.6 is 0 Å². The number of hydrogen-bond acceptors (Lipinski definition) is 7. The molecule has 1 aliphatic heterocycles. The molecule has 3 aliphatic rings. The van der Waals surface area contributed by atoms with Gasteiger partial charge >= 0.3 is 12.1 Å². The maximum Gasteiger partial charge on any atom is 0.490 e. The summed E-state index contributed by atoms with van der Waals surface area (Å²) in [6, 6.07) is 4.14. The number of nitrogens with zero attached hydrogens (tertiary/aromatic N) is 3. The van der Waals surface area contributed by atoms with Gasteiger partial charge in [-0.15, -0.1) is 10.2 Å². The summed E-state index contributed by atoms with van der Waals surface area (Å²) in [7, 11) is 0. The highest BCUT2D eigenvalue weighted by atomic mass is 19.4. The van der Waals surface area contributed by atoms with Crippen LogP contribution in [0.3, 0.4) is 0 Å². The molecule has 0 bridgehead atoms. The predicted octanol–water partition coefficient (Wildman–Crippen LogP) is 3.78. The molecule has 8 nitrogen and oxygen atoms in total. The lowest BCUT2D eigenvalue weighted by Crippen LogP contribution is -2.49. The van der Waals surface area contributed by atoms with Crippen molar-refractivity contribution in [3.05, 3.63) is 28.8 Å². The summed E-state index contributed by atoms with van der Waals surface area (Å²) in [5.74, 6) is -1.02. The minimum absolute atomic E-state index is 0.0756. The van der Waals surface area contributed by atoms with Gasteiger partial charge in [-0.05, 0) is 55.7 Å². The van der Waals surface area contributed by atoms with Crippen LogP contribution in [-0.4, -0.2) is 63.0 Å². The Hall–Kier alpha value is -3.08. The molecule has 3 N–H and O–H groups in total. The molecule has 2 aromatic rings. The molecule has 0 spiro atoms. The summed E-state index contributed by atoms with van der Waals surface area (Å²) in [4.78, 5) is 11.1. The number of carboxylic acids is 1. The molecule has 2 aliphatic carbocycles. The van der Waals surface area contributed by atoms with Crippen molar-refractivity contribution in [2.24, 2.45) is 0 Å². The Bertz CT molecular complexity index is 1110. The van der Waals surface area contributed by atoms with Gasteiger partial charge in [0.15, 0.2) is 11.6 Å². The van der Waals surface area contributed by atoms with E-state index < -0.39 is 12.1 Å². The van der Waals surface area contributed by atoms with Gasteiger partial charge in [0, 0.05) is 11.6 Å². The van der Waals surface area contributed by atoms with Crippen LogP contribution in [0.25, 0.3) is 11.3 Å².